The summed E-state index contributed by atoms with van der Waals surface area (Å²) in [6, 6.07) is 1.98. The zero-order valence-corrected chi connectivity index (χ0v) is 10.7. The molecule has 0 aromatic heterocycles. The molecule has 1 amide bonds. The molecule has 15 heavy (non-hydrogen) atoms. The highest BCUT2D eigenvalue weighted by Crippen LogP contribution is 2.16. The van der Waals surface area contributed by atoms with Gasteiger partial charge in [-0.15, -0.1) is 0 Å². The smallest absolute Gasteiger partial charge is 0.223 e. The molecule has 1 aliphatic heterocycles. The van der Waals surface area contributed by atoms with Gasteiger partial charge in [-0.2, -0.15) is 5.26 Å². The SMILES string of the molecule is CC.CC.CCC(=O)N1CCC[C@H]1C#N. The van der Waals surface area contributed by atoms with Crippen LogP contribution in [0.5, 0.6) is 0 Å². The molecular formula is C12H24N2O. The van der Waals surface area contributed by atoms with E-state index >= 15 is 0 Å². The van der Waals surface area contributed by atoms with Gasteiger partial charge in [0.05, 0.1) is 6.07 Å². The molecule has 1 heterocycles. The molecule has 0 spiro atoms. The topological polar surface area (TPSA) is 44.1 Å². The minimum atomic E-state index is -0.151. The first-order chi connectivity index (χ1) is 7.29. The largest absolute Gasteiger partial charge is 0.327 e. The molecule has 1 aliphatic rings. The maximum absolute atomic E-state index is 11.2. The summed E-state index contributed by atoms with van der Waals surface area (Å²) in [5, 5.41) is 8.64. The van der Waals surface area contributed by atoms with Crippen molar-refractivity contribution in [3.63, 3.8) is 0 Å². The molecule has 1 atom stereocenters. The number of likely N-dealkylation sites (tertiary alicyclic amines) is 1. The third-order valence-electron chi connectivity index (χ3n) is 2.02. The van der Waals surface area contributed by atoms with Crippen molar-refractivity contribution in [2.45, 2.75) is 59.9 Å². The molecule has 0 aromatic carbocycles. The minimum absolute atomic E-state index is 0.106. The van der Waals surface area contributed by atoms with Gasteiger partial charge in [-0.05, 0) is 12.8 Å². The highest BCUT2D eigenvalue weighted by Gasteiger charge is 2.26. The van der Waals surface area contributed by atoms with E-state index in [1.807, 2.05) is 34.6 Å². The molecule has 0 radical (unpaired) electrons. The third-order valence-corrected chi connectivity index (χ3v) is 2.02. The predicted molar refractivity (Wildman–Crippen MR) is 63.3 cm³/mol. The number of nitriles is 1. The molecule has 0 aromatic rings. The molecule has 0 N–H and O–H groups in total. The lowest BCUT2D eigenvalue weighted by atomic mass is 10.2. The Bertz CT molecular complexity index is 196. The lowest BCUT2D eigenvalue weighted by molar-refractivity contribution is -0.130. The number of rotatable bonds is 1. The zero-order valence-electron chi connectivity index (χ0n) is 10.7. The average Bonchev–Trinajstić information content (AvgIpc) is 2.81. The van der Waals surface area contributed by atoms with E-state index in [2.05, 4.69) is 6.07 Å². The average molecular weight is 212 g/mol. The summed E-state index contributed by atoms with van der Waals surface area (Å²) < 4.78 is 0. The van der Waals surface area contributed by atoms with Gasteiger partial charge in [0, 0.05) is 13.0 Å². The van der Waals surface area contributed by atoms with Crippen molar-refractivity contribution in [3.8, 4) is 6.07 Å². The summed E-state index contributed by atoms with van der Waals surface area (Å²) in [6.07, 6.45) is 2.34. The molecule has 0 aliphatic carbocycles. The molecule has 3 heteroatoms. The number of carbonyl (C=O) groups excluding carboxylic acids is 1. The summed E-state index contributed by atoms with van der Waals surface area (Å²) in [5.74, 6) is 0.106. The first-order valence-electron chi connectivity index (χ1n) is 5.98. The van der Waals surface area contributed by atoms with Gasteiger partial charge in [0.1, 0.15) is 6.04 Å². The lowest BCUT2D eigenvalue weighted by Gasteiger charge is -2.17. The van der Waals surface area contributed by atoms with Crippen LogP contribution < -0.4 is 0 Å². The maximum atomic E-state index is 11.2. The van der Waals surface area contributed by atoms with E-state index in [4.69, 9.17) is 5.26 Å². The first-order valence-corrected chi connectivity index (χ1v) is 5.98. The van der Waals surface area contributed by atoms with Crippen LogP contribution in [0.15, 0.2) is 0 Å². The van der Waals surface area contributed by atoms with E-state index in [0.29, 0.717) is 6.42 Å². The van der Waals surface area contributed by atoms with Crippen LogP contribution in [0.4, 0.5) is 0 Å². The van der Waals surface area contributed by atoms with Gasteiger partial charge in [-0.3, -0.25) is 4.79 Å². The minimum Gasteiger partial charge on any atom is -0.327 e. The lowest BCUT2D eigenvalue weighted by Crippen LogP contribution is -2.33. The van der Waals surface area contributed by atoms with Gasteiger partial charge in [0.15, 0.2) is 0 Å². The van der Waals surface area contributed by atoms with Crippen LogP contribution in [0.25, 0.3) is 0 Å². The van der Waals surface area contributed by atoms with E-state index < -0.39 is 0 Å². The number of amides is 1. The van der Waals surface area contributed by atoms with Crippen LogP contribution >= 0.6 is 0 Å². The second-order valence-corrected chi connectivity index (χ2v) is 2.73. The molecule has 1 fully saturated rings. The Morgan fingerprint density at radius 3 is 2.33 bits per heavy atom. The van der Waals surface area contributed by atoms with Gasteiger partial charge in [0.2, 0.25) is 5.91 Å². The fourth-order valence-corrected chi connectivity index (χ4v) is 1.40. The van der Waals surface area contributed by atoms with Gasteiger partial charge in [-0.25, -0.2) is 0 Å². The van der Waals surface area contributed by atoms with Crippen LogP contribution in [-0.4, -0.2) is 23.4 Å². The first kappa shape index (κ1) is 16.4. The molecular weight excluding hydrogens is 188 g/mol. The fraction of sp³-hybridized carbons (Fsp3) is 0.833. The number of hydrogen-bond donors (Lipinski definition) is 0. The summed E-state index contributed by atoms with van der Waals surface area (Å²) in [4.78, 5) is 12.8. The monoisotopic (exact) mass is 212 g/mol. The summed E-state index contributed by atoms with van der Waals surface area (Å²) >= 11 is 0. The summed E-state index contributed by atoms with van der Waals surface area (Å²) in [7, 11) is 0. The fourth-order valence-electron chi connectivity index (χ4n) is 1.40. The number of hydrogen-bond acceptors (Lipinski definition) is 2. The van der Waals surface area contributed by atoms with Crippen LogP contribution in [0.2, 0.25) is 0 Å². The summed E-state index contributed by atoms with van der Waals surface area (Å²) in [5.41, 5.74) is 0. The molecule has 3 nitrogen and oxygen atoms in total. The Morgan fingerprint density at radius 2 is 1.93 bits per heavy atom. The van der Waals surface area contributed by atoms with Crippen LogP contribution in [0.3, 0.4) is 0 Å². The van der Waals surface area contributed by atoms with E-state index in [1.54, 1.807) is 4.90 Å². The van der Waals surface area contributed by atoms with E-state index in [9.17, 15) is 4.79 Å². The quantitative estimate of drug-likeness (QED) is 0.670. The Morgan fingerprint density at radius 1 is 1.40 bits per heavy atom. The van der Waals surface area contributed by atoms with Crippen molar-refractivity contribution in [1.82, 2.24) is 4.90 Å². The third kappa shape index (κ3) is 5.41. The highest BCUT2D eigenvalue weighted by molar-refractivity contribution is 5.76. The second kappa shape index (κ2) is 11.0. The Kier molecular flexibility index (Phi) is 12.1. The molecule has 1 rings (SSSR count). The van der Waals surface area contributed by atoms with Crippen molar-refractivity contribution in [2.75, 3.05) is 6.54 Å². The number of nitrogens with zero attached hydrogens (tertiary/aromatic N) is 2. The Balaban J connectivity index is 0. The van der Waals surface area contributed by atoms with E-state index in [1.165, 1.54) is 0 Å². The van der Waals surface area contributed by atoms with Crippen LogP contribution in [0, 0.1) is 11.3 Å². The maximum Gasteiger partial charge on any atom is 0.223 e. The normalized spacial score (nSPS) is 17.9. The van der Waals surface area contributed by atoms with Gasteiger partial charge in [0.25, 0.3) is 0 Å². The molecule has 88 valence electrons. The van der Waals surface area contributed by atoms with Gasteiger partial charge in [-0.1, -0.05) is 34.6 Å². The predicted octanol–water partition coefficient (Wildman–Crippen LogP) is 2.96. The van der Waals surface area contributed by atoms with Gasteiger partial charge >= 0.3 is 0 Å². The van der Waals surface area contributed by atoms with Crippen molar-refractivity contribution in [3.05, 3.63) is 0 Å². The highest BCUT2D eigenvalue weighted by atomic mass is 16.2. The van der Waals surface area contributed by atoms with E-state index in [0.717, 1.165) is 19.4 Å². The second-order valence-electron chi connectivity index (χ2n) is 2.73. The Hall–Kier alpha value is -1.04. The molecule has 0 bridgehead atoms. The van der Waals surface area contributed by atoms with Crippen molar-refractivity contribution in [1.29, 1.82) is 5.26 Å². The standard InChI is InChI=1S/C8H12N2O.2C2H6/c1-2-8(11)10-5-3-4-7(10)6-9;2*1-2/h7H,2-5H2,1H3;2*1-2H3/t7-;;/m0../s1. The Labute approximate surface area is 94.1 Å². The molecule has 0 saturated carbocycles. The molecule has 1 saturated heterocycles. The summed E-state index contributed by atoms with van der Waals surface area (Å²) in [6.45, 7) is 10.6. The number of carbonyl (C=O) groups is 1. The van der Waals surface area contributed by atoms with Gasteiger partial charge < -0.3 is 4.90 Å². The van der Waals surface area contributed by atoms with Crippen LogP contribution in [-0.2, 0) is 4.79 Å². The van der Waals surface area contributed by atoms with Crippen molar-refractivity contribution in [2.24, 2.45) is 0 Å². The van der Waals surface area contributed by atoms with Crippen LogP contribution in [0.1, 0.15) is 53.9 Å². The molecule has 0 unspecified atom stereocenters. The van der Waals surface area contributed by atoms with Crippen molar-refractivity contribution < 1.29 is 4.79 Å². The zero-order chi connectivity index (χ0) is 12.3. The van der Waals surface area contributed by atoms with E-state index in [-0.39, 0.29) is 11.9 Å². The van der Waals surface area contributed by atoms with Crippen molar-refractivity contribution >= 4 is 5.91 Å².